The van der Waals surface area contributed by atoms with E-state index in [1.807, 2.05) is 25.1 Å². The molecular formula is C15H12BrCl3O. The minimum absolute atomic E-state index is 0.389. The SMILES string of the molecule is COc1cc(Cl)c(C(Cl)c2cccc(C)c2Br)cc1Cl. The van der Waals surface area contributed by atoms with Gasteiger partial charge in [0.15, 0.2) is 0 Å². The molecule has 0 spiro atoms. The number of hydrogen-bond acceptors (Lipinski definition) is 1. The predicted molar refractivity (Wildman–Crippen MR) is 89.6 cm³/mol. The fourth-order valence-electron chi connectivity index (χ4n) is 1.93. The van der Waals surface area contributed by atoms with Gasteiger partial charge in [-0.15, -0.1) is 11.6 Å². The highest BCUT2D eigenvalue weighted by atomic mass is 79.9. The Labute approximate surface area is 141 Å². The van der Waals surface area contributed by atoms with Crippen molar-refractivity contribution >= 4 is 50.7 Å². The number of benzene rings is 2. The summed E-state index contributed by atoms with van der Waals surface area (Å²) >= 11 is 22.6. The largest absolute Gasteiger partial charge is 0.495 e. The molecule has 106 valence electrons. The highest BCUT2D eigenvalue weighted by Crippen LogP contribution is 2.41. The summed E-state index contributed by atoms with van der Waals surface area (Å²) in [5, 5.41) is 0.626. The van der Waals surface area contributed by atoms with Gasteiger partial charge in [-0.2, -0.15) is 0 Å². The van der Waals surface area contributed by atoms with Crippen LogP contribution in [0.1, 0.15) is 22.1 Å². The smallest absolute Gasteiger partial charge is 0.138 e. The van der Waals surface area contributed by atoms with Crippen LogP contribution < -0.4 is 4.74 Å². The molecule has 5 heteroatoms. The standard InChI is InChI=1S/C15H12BrCl3O/c1-8-4-3-5-9(14(8)16)15(19)10-6-12(18)13(20-2)7-11(10)17/h3-7,15H,1-2H3. The van der Waals surface area contributed by atoms with Gasteiger partial charge in [-0.3, -0.25) is 0 Å². The van der Waals surface area contributed by atoms with Crippen LogP contribution in [0.4, 0.5) is 0 Å². The lowest BCUT2D eigenvalue weighted by Crippen LogP contribution is -1.98. The quantitative estimate of drug-likeness (QED) is 0.547. The number of halogens is 4. The van der Waals surface area contributed by atoms with Gasteiger partial charge in [-0.1, -0.05) is 57.3 Å². The Kier molecular flexibility index (Phi) is 5.25. The zero-order valence-corrected chi connectivity index (χ0v) is 14.7. The molecule has 0 saturated carbocycles. The third-order valence-electron chi connectivity index (χ3n) is 3.04. The molecule has 0 heterocycles. The summed E-state index contributed by atoms with van der Waals surface area (Å²) in [6.07, 6.45) is 0. The maximum atomic E-state index is 6.57. The Hall–Kier alpha value is -0.410. The Balaban J connectivity index is 2.51. The number of alkyl halides is 1. The molecule has 2 aromatic rings. The van der Waals surface area contributed by atoms with Crippen LogP contribution in [-0.4, -0.2) is 7.11 Å². The average Bonchev–Trinajstić information content (AvgIpc) is 2.43. The van der Waals surface area contributed by atoms with Crippen molar-refractivity contribution in [1.29, 1.82) is 0 Å². The molecule has 2 rings (SSSR count). The number of aryl methyl sites for hydroxylation is 1. The molecular weight excluding hydrogens is 382 g/mol. The third-order valence-corrected chi connectivity index (χ3v) is 5.22. The van der Waals surface area contributed by atoms with E-state index in [0.29, 0.717) is 15.8 Å². The Morgan fingerprint density at radius 3 is 2.45 bits per heavy atom. The predicted octanol–water partition coefficient (Wildman–Crippen LogP) is 6.40. The third kappa shape index (κ3) is 3.09. The second kappa shape index (κ2) is 6.57. The Bertz CT molecular complexity index is 643. The number of hydrogen-bond donors (Lipinski definition) is 0. The van der Waals surface area contributed by atoms with Gasteiger partial charge in [0.05, 0.1) is 17.5 Å². The molecule has 1 unspecified atom stereocenters. The average molecular weight is 395 g/mol. The minimum Gasteiger partial charge on any atom is -0.495 e. The molecule has 1 atom stereocenters. The van der Waals surface area contributed by atoms with Crippen molar-refractivity contribution in [2.45, 2.75) is 12.3 Å². The first-order valence-corrected chi connectivity index (χ1v) is 7.86. The van der Waals surface area contributed by atoms with Crippen molar-refractivity contribution in [3.63, 3.8) is 0 Å². The van der Waals surface area contributed by atoms with Crippen molar-refractivity contribution in [2.24, 2.45) is 0 Å². The van der Waals surface area contributed by atoms with Crippen molar-refractivity contribution in [3.8, 4) is 5.75 Å². The normalized spacial score (nSPS) is 12.3. The van der Waals surface area contributed by atoms with Gasteiger partial charge in [0.1, 0.15) is 5.75 Å². The summed E-state index contributed by atoms with van der Waals surface area (Å²) < 4.78 is 6.12. The van der Waals surface area contributed by atoms with Crippen LogP contribution in [0.3, 0.4) is 0 Å². The van der Waals surface area contributed by atoms with Crippen molar-refractivity contribution in [2.75, 3.05) is 7.11 Å². The summed E-state index contributed by atoms with van der Waals surface area (Å²) in [7, 11) is 1.55. The zero-order chi connectivity index (χ0) is 14.9. The molecule has 2 aromatic carbocycles. The van der Waals surface area contributed by atoms with E-state index in [2.05, 4.69) is 15.9 Å². The molecule has 0 N–H and O–H groups in total. The summed E-state index contributed by atoms with van der Waals surface area (Å²) in [5.41, 5.74) is 2.82. The topological polar surface area (TPSA) is 9.23 Å². The van der Waals surface area contributed by atoms with Gasteiger partial charge in [-0.25, -0.2) is 0 Å². The first-order valence-electron chi connectivity index (χ1n) is 5.87. The van der Waals surface area contributed by atoms with E-state index < -0.39 is 0 Å². The van der Waals surface area contributed by atoms with Gasteiger partial charge in [0.25, 0.3) is 0 Å². The van der Waals surface area contributed by atoms with Crippen molar-refractivity contribution in [1.82, 2.24) is 0 Å². The molecule has 0 radical (unpaired) electrons. The van der Waals surface area contributed by atoms with Crippen LogP contribution in [0, 0.1) is 6.92 Å². The molecule has 0 bridgehead atoms. The fourth-order valence-corrected chi connectivity index (χ4v) is 3.48. The summed E-state index contributed by atoms with van der Waals surface area (Å²) in [6.45, 7) is 2.01. The van der Waals surface area contributed by atoms with Gasteiger partial charge >= 0.3 is 0 Å². The number of methoxy groups -OCH3 is 1. The van der Waals surface area contributed by atoms with E-state index in [4.69, 9.17) is 39.5 Å². The van der Waals surface area contributed by atoms with E-state index in [-0.39, 0.29) is 5.38 Å². The van der Waals surface area contributed by atoms with Crippen molar-refractivity contribution < 1.29 is 4.74 Å². The molecule has 1 nitrogen and oxygen atoms in total. The van der Waals surface area contributed by atoms with E-state index in [1.54, 1.807) is 19.2 Å². The molecule has 20 heavy (non-hydrogen) atoms. The van der Waals surface area contributed by atoms with Crippen LogP contribution in [0.25, 0.3) is 0 Å². The maximum Gasteiger partial charge on any atom is 0.138 e. The molecule has 0 fully saturated rings. The van der Waals surface area contributed by atoms with Crippen molar-refractivity contribution in [3.05, 3.63) is 61.5 Å². The molecule has 0 aliphatic rings. The van der Waals surface area contributed by atoms with E-state index in [9.17, 15) is 0 Å². The Morgan fingerprint density at radius 2 is 1.80 bits per heavy atom. The molecule has 0 aromatic heterocycles. The van der Waals surface area contributed by atoms with Crippen LogP contribution in [0.2, 0.25) is 10.0 Å². The molecule has 0 saturated heterocycles. The molecule has 0 aliphatic heterocycles. The minimum atomic E-state index is -0.389. The van der Waals surface area contributed by atoms with Gasteiger partial charge in [-0.05, 0) is 29.7 Å². The maximum absolute atomic E-state index is 6.57. The van der Waals surface area contributed by atoms with E-state index in [0.717, 1.165) is 21.2 Å². The van der Waals surface area contributed by atoms with E-state index in [1.165, 1.54) is 0 Å². The van der Waals surface area contributed by atoms with Crippen LogP contribution >= 0.6 is 50.7 Å². The second-order valence-corrected chi connectivity index (χ2v) is 6.39. The van der Waals surface area contributed by atoms with E-state index >= 15 is 0 Å². The number of ether oxygens (including phenoxy) is 1. The lowest BCUT2D eigenvalue weighted by molar-refractivity contribution is 0.415. The summed E-state index contributed by atoms with van der Waals surface area (Å²) in [6, 6.07) is 9.36. The monoisotopic (exact) mass is 392 g/mol. The molecule has 0 amide bonds. The highest BCUT2D eigenvalue weighted by molar-refractivity contribution is 9.10. The zero-order valence-electron chi connectivity index (χ0n) is 10.9. The Morgan fingerprint density at radius 1 is 1.10 bits per heavy atom. The lowest BCUT2D eigenvalue weighted by Gasteiger charge is -2.16. The first kappa shape index (κ1) is 16.0. The fraction of sp³-hybridized carbons (Fsp3) is 0.200. The van der Waals surface area contributed by atoms with Crippen LogP contribution in [0.5, 0.6) is 5.75 Å². The highest BCUT2D eigenvalue weighted by Gasteiger charge is 2.19. The van der Waals surface area contributed by atoms with Gasteiger partial charge in [0, 0.05) is 15.6 Å². The molecule has 0 aliphatic carbocycles. The lowest BCUT2D eigenvalue weighted by atomic mass is 10.0. The number of rotatable bonds is 3. The summed E-state index contributed by atoms with van der Waals surface area (Å²) in [4.78, 5) is 0. The first-order chi connectivity index (χ1) is 9.45. The summed E-state index contributed by atoms with van der Waals surface area (Å²) in [5.74, 6) is 0.535. The van der Waals surface area contributed by atoms with Crippen LogP contribution in [-0.2, 0) is 0 Å². The second-order valence-electron chi connectivity index (χ2n) is 4.35. The van der Waals surface area contributed by atoms with Gasteiger partial charge < -0.3 is 4.74 Å². The van der Waals surface area contributed by atoms with Gasteiger partial charge in [0.2, 0.25) is 0 Å². The van der Waals surface area contributed by atoms with Crippen LogP contribution in [0.15, 0.2) is 34.8 Å².